The largest absolute Gasteiger partial charge is 0.488 e. The fourth-order valence-electron chi connectivity index (χ4n) is 1.86. The maximum absolute atomic E-state index is 8.82. The summed E-state index contributed by atoms with van der Waals surface area (Å²) in [6, 6.07) is 13.2. The summed E-state index contributed by atoms with van der Waals surface area (Å²) in [6.45, 7) is 1.16. The van der Waals surface area contributed by atoms with Gasteiger partial charge in [0.1, 0.15) is 12.4 Å². The van der Waals surface area contributed by atoms with E-state index in [-0.39, 0.29) is 0 Å². The van der Waals surface area contributed by atoms with E-state index in [9.17, 15) is 0 Å². The second-order valence-corrected chi connectivity index (χ2v) is 5.76. The summed E-state index contributed by atoms with van der Waals surface area (Å²) in [5.41, 5.74) is 2.57. The highest BCUT2D eigenvalue weighted by Gasteiger charge is 2.06. The molecule has 0 radical (unpaired) electrons. The van der Waals surface area contributed by atoms with Gasteiger partial charge in [-0.2, -0.15) is 5.26 Å². The second kappa shape index (κ2) is 7.46. The van der Waals surface area contributed by atoms with Gasteiger partial charge in [-0.15, -0.1) is 0 Å². The molecule has 0 spiro atoms. The van der Waals surface area contributed by atoms with Crippen LogP contribution in [0.5, 0.6) is 5.75 Å². The van der Waals surface area contributed by atoms with Gasteiger partial charge in [-0.1, -0.05) is 23.7 Å². The summed E-state index contributed by atoms with van der Waals surface area (Å²) in [7, 11) is 1.91. The van der Waals surface area contributed by atoms with E-state index in [1.54, 1.807) is 12.1 Å². The molecule has 0 aliphatic heterocycles. The predicted molar refractivity (Wildman–Crippen MR) is 87.4 cm³/mol. The van der Waals surface area contributed by atoms with Crippen LogP contribution < -0.4 is 10.1 Å². The normalized spacial score (nSPS) is 10.2. The molecule has 3 nitrogen and oxygen atoms in total. The highest BCUT2D eigenvalue weighted by molar-refractivity contribution is 9.10. The molecule has 0 unspecified atom stereocenters. The van der Waals surface area contributed by atoms with E-state index in [0.717, 1.165) is 22.3 Å². The van der Waals surface area contributed by atoms with Crippen LogP contribution in [0.2, 0.25) is 5.02 Å². The predicted octanol–water partition coefficient (Wildman–Crippen LogP) is 4.27. The Balaban J connectivity index is 2.08. The molecule has 2 aromatic carbocycles. The van der Waals surface area contributed by atoms with Crippen molar-refractivity contribution in [3.05, 3.63) is 62.6 Å². The molecular formula is C16H14BrClN2O. The maximum atomic E-state index is 8.82. The van der Waals surface area contributed by atoms with Crippen molar-refractivity contribution < 1.29 is 4.74 Å². The zero-order valence-corrected chi connectivity index (χ0v) is 13.8. The van der Waals surface area contributed by atoms with E-state index in [1.165, 1.54) is 5.56 Å². The van der Waals surface area contributed by atoms with E-state index in [2.05, 4.69) is 27.3 Å². The lowest BCUT2D eigenvalue weighted by Gasteiger charge is -2.11. The lowest BCUT2D eigenvalue weighted by molar-refractivity contribution is 0.304. The van der Waals surface area contributed by atoms with Gasteiger partial charge in [0.2, 0.25) is 0 Å². The molecule has 0 fully saturated rings. The number of nitrogens with zero attached hydrogens (tertiary/aromatic N) is 1. The first-order valence-corrected chi connectivity index (χ1v) is 7.55. The van der Waals surface area contributed by atoms with E-state index in [4.69, 9.17) is 21.6 Å². The summed E-state index contributed by atoms with van der Waals surface area (Å²) in [6.07, 6.45) is 0. The van der Waals surface area contributed by atoms with Gasteiger partial charge < -0.3 is 10.1 Å². The number of benzene rings is 2. The maximum Gasteiger partial charge on any atom is 0.134 e. The van der Waals surface area contributed by atoms with Crippen molar-refractivity contribution >= 4 is 27.5 Å². The monoisotopic (exact) mass is 364 g/mol. The molecule has 0 saturated heterocycles. The van der Waals surface area contributed by atoms with Gasteiger partial charge in [-0.25, -0.2) is 0 Å². The van der Waals surface area contributed by atoms with Gasteiger partial charge in [0, 0.05) is 17.1 Å². The Hall–Kier alpha value is -1.54. The summed E-state index contributed by atoms with van der Waals surface area (Å²) >= 11 is 9.63. The third kappa shape index (κ3) is 4.21. The second-order valence-electron chi connectivity index (χ2n) is 4.50. The lowest BCUT2D eigenvalue weighted by atomic mass is 10.1. The Labute approximate surface area is 137 Å². The Kier molecular flexibility index (Phi) is 5.63. The van der Waals surface area contributed by atoms with Crippen LogP contribution in [0.25, 0.3) is 0 Å². The van der Waals surface area contributed by atoms with Crippen LogP contribution in [0.3, 0.4) is 0 Å². The van der Waals surface area contributed by atoms with Gasteiger partial charge >= 0.3 is 0 Å². The van der Waals surface area contributed by atoms with Crippen molar-refractivity contribution in [2.45, 2.75) is 13.2 Å². The van der Waals surface area contributed by atoms with E-state index >= 15 is 0 Å². The van der Waals surface area contributed by atoms with E-state index < -0.39 is 0 Å². The molecule has 0 aromatic heterocycles. The van der Waals surface area contributed by atoms with Crippen molar-refractivity contribution in [2.75, 3.05) is 7.05 Å². The minimum absolute atomic E-state index is 0.356. The molecule has 5 heteroatoms. The molecule has 0 saturated carbocycles. The van der Waals surface area contributed by atoms with Crippen molar-refractivity contribution in [1.82, 2.24) is 5.32 Å². The first-order chi connectivity index (χ1) is 10.1. The quantitative estimate of drug-likeness (QED) is 0.860. The number of ether oxygens (including phenoxy) is 1. The number of hydrogen-bond acceptors (Lipinski definition) is 3. The van der Waals surface area contributed by atoms with Gasteiger partial charge in [-0.05, 0) is 52.8 Å². The third-order valence-corrected chi connectivity index (χ3v) is 3.91. The average molecular weight is 366 g/mol. The van der Waals surface area contributed by atoms with Crippen molar-refractivity contribution in [1.29, 1.82) is 5.26 Å². The van der Waals surface area contributed by atoms with Gasteiger partial charge in [-0.3, -0.25) is 0 Å². The summed E-state index contributed by atoms with van der Waals surface area (Å²) in [4.78, 5) is 0. The van der Waals surface area contributed by atoms with Crippen molar-refractivity contribution in [2.24, 2.45) is 0 Å². The molecule has 2 rings (SSSR count). The zero-order chi connectivity index (χ0) is 15.2. The SMILES string of the molecule is CNCc1ccc(OCc2ccc(C#N)cc2Cl)c(Br)c1. The first-order valence-electron chi connectivity index (χ1n) is 6.38. The molecule has 21 heavy (non-hydrogen) atoms. The summed E-state index contributed by atoms with van der Waals surface area (Å²) in [5, 5.41) is 12.5. The van der Waals surface area contributed by atoms with Crippen LogP contribution in [0.4, 0.5) is 0 Å². The Bertz CT molecular complexity index is 682. The standard InChI is InChI=1S/C16H14BrClN2O/c1-20-9-12-3-5-16(14(17)6-12)21-10-13-4-2-11(8-19)7-15(13)18/h2-7,20H,9-10H2,1H3. The van der Waals surface area contributed by atoms with Crippen molar-refractivity contribution in [3.63, 3.8) is 0 Å². The highest BCUT2D eigenvalue weighted by Crippen LogP contribution is 2.28. The highest BCUT2D eigenvalue weighted by atomic mass is 79.9. The molecular weight excluding hydrogens is 352 g/mol. The third-order valence-electron chi connectivity index (χ3n) is 2.94. The minimum Gasteiger partial charge on any atom is -0.488 e. The smallest absolute Gasteiger partial charge is 0.134 e. The van der Waals surface area contributed by atoms with Crippen LogP contribution in [-0.4, -0.2) is 7.05 Å². The summed E-state index contributed by atoms with van der Waals surface area (Å²) < 4.78 is 6.68. The van der Waals surface area contributed by atoms with Crippen molar-refractivity contribution in [3.8, 4) is 11.8 Å². The number of rotatable bonds is 5. The molecule has 1 N–H and O–H groups in total. The number of nitriles is 1. The molecule has 108 valence electrons. The van der Waals surface area contributed by atoms with Gasteiger partial charge in [0.05, 0.1) is 16.1 Å². The van der Waals surface area contributed by atoms with Crippen LogP contribution in [0.15, 0.2) is 40.9 Å². The van der Waals surface area contributed by atoms with Crippen LogP contribution >= 0.6 is 27.5 Å². The fraction of sp³-hybridized carbons (Fsp3) is 0.188. The van der Waals surface area contributed by atoms with E-state index in [1.807, 2.05) is 31.3 Å². The number of halogens is 2. The van der Waals surface area contributed by atoms with E-state index in [0.29, 0.717) is 17.2 Å². The number of nitrogens with one attached hydrogen (secondary N) is 1. The molecule has 2 aromatic rings. The zero-order valence-electron chi connectivity index (χ0n) is 11.5. The molecule has 0 aliphatic carbocycles. The Morgan fingerprint density at radius 2 is 2.10 bits per heavy atom. The average Bonchev–Trinajstić information content (AvgIpc) is 2.48. The molecule has 0 atom stereocenters. The Morgan fingerprint density at radius 3 is 2.71 bits per heavy atom. The minimum atomic E-state index is 0.356. The molecule has 0 amide bonds. The molecule has 0 aliphatic rings. The van der Waals surface area contributed by atoms with Gasteiger partial charge in [0.25, 0.3) is 0 Å². The van der Waals surface area contributed by atoms with Crippen LogP contribution in [0, 0.1) is 11.3 Å². The first kappa shape index (κ1) is 15.8. The summed E-state index contributed by atoms with van der Waals surface area (Å²) in [5.74, 6) is 0.760. The topological polar surface area (TPSA) is 45.0 Å². The lowest BCUT2D eigenvalue weighted by Crippen LogP contribution is -2.05. The Morgan fingerprint density at radius 1 is 1.29 bits per heavy atom. The van der Waals surface area contributed by atoms with Crippen LogP contribution in [0.1, 0.15) is 16.7 Å². The fourth-order valence-corrected chi connectivity index (χ4v) is 2.64. The molecule has 0 heterocycles. The number of hydrogen-bond donors (Lipinski definition) is 1. The van der Waals surface area contributed by atoms with Crippen LogP contribution in [-0.2, 0) is 13.2 Å². The molecule has 0 bridgehead atoms. The van der Waals surface area contributed by atoms with Gasteiger partial charge in [0.15, 0.2) is 0 Å².